The van der Waals surface area contributed by atoms with Crippen LogP contribution in [0.2, 0.25) is 0 Å². The number of rotatable bonds is 3. The van der Waals surface area contributed by atoms with E-state index >= 15 is 0 Å². The van der Waals surface area contributed by atoms with E-state index in [9.17, 15) is 14.0 Å². The monoisotopic (exact) mass is 336 g/mol. The summed E-state index contributed by atoms with van der Waals surface area (Å²) >= 11 is 0. The Kier molecular flexibility index (Phi) is 4.10. The highest BCUT2D eigenvalue weighted by Crippen LogP contribution is 2.40. The van der Waals surface area contributed by atoms with Gasteiger partial charge in [-0.15, -0.1) is 0 Å². The average Bonchev–Trinajstić information content (AvgIpc) is 2.86. The van der Waals surface area contributed by atoms with Gasteiger partial charge in [0.25, 0.3) is 0 Å². The van der Waals surface area contributed by atoms with Crippen molar-refractivity contribution in [2.45, 2.75) is 37.9 Å². The topological polar surface area (TPSA) is 27.0 Å². The number of halogens is 2. The molecule has 4 heteroatoms. The molecule has 2 bridgehead atoms. The van der Waals surface area contributed by atoms with Gasteiger partial charge in [-0.05, 0) is 48.1 Å². The zero-order valence-electron chi connectivity index (χ0n) is 13.8. The van der Waals surface area contributed by atoms with Gasteiger partial charge >= 0.3 is 0 Å². The number of nitriles is 1. The van der Waals surface area contributed by atoms with Gasteiger partial charge in [0.05, 0.1) is 11.6 Å². The molecule has 0 aliphatic carbocycles. The Bertz CT molecular complexity index is 867. The van der Waals surface area contributed by atoms with Gasteiger partial charge in [-0.3, -0.25) is 4.90 Å². The second-order valence-electron chi connectivity index (χ2n) is 6.78. The molecule has 0 amide bonds. The Balaban J connectivity index is 1.64. The molecule has 0 aromatic heterocycles. The summed E-state index contributed by atoms with van der Waals surface area (Å²) in [6.45, 7) is 0.892. The van der Waals surface area contributed by atoms with Gasteiger partial charge < -0.3 is 0 Å². The minimum absolute atomic E-state index is 0.209. The molecule has 0 spiro atoms. The maximum atomic E-state index is 13.7. The smallest absolute Gasteiger partial charge is 0.160 e. The van der Waals surface area contributed by atoms with Crippen molar-refractivity contribution in [3.8, 4) is 6.07 Å². The summed E-state index contributed by atoms with van der Waals surface area (Å²) in [5, 5.41) is 9.28. The molecule has 1 fully saturated rings. The molecule has 2 aromatic rings. The molecular formula is C21H18F2N2. The lowest BCUT2D eigenvalue weighted by Gasteiger charge is -2.34. The normalized spacial score (nSPS) is 22.5. The first-order valence-electron chi connectivity index (χ1n) is 8.55. The van der Waals surface area contributed by atoms with Gasteiger partial charge in [-0.2, -0.15) is 5.26 Å². The van der Waals surface area contributed by atoms with Crippen molar-refractivity contribution in [3.05, 3.63) is 76.9 Å². The molecule has 2 heterocycles. The number of hydrogen-bond donors (Lipinski definition) is 0. The second-order valence-corrected chi connectivity index (χ2v) is 6.78. The van der Waals surface area contributed by atoms with Crippen molar-refractivity contribution in [2.75, 3.05) is 0 Å². The molecule has 2 unspecified atom stereocenters. The van der Waals surface area contributed by atoms with Crippen LogP contribution in [0.15, 0.2) is 48.5 Å². The number of hydrogen-bond acceptors (Lipinski definition) is 2. The lowest BCUT2D eigenvalue weighted by Crippen LogP contribution is -2.37. The van der Waals surface area contributed by atoms with Crippen LogP contribution in [0.25, 0.3) is 5.57 Å². The molecule has 2 atom stereocenters. The van der Waals surface area contributed by atoms with Gasteiger partial charge in [0.1, 0.15) is 0 Å². The third-order valence-corrected chi connectivity index (χ3v) is 5.27. The maximum Gasteiger partial charge on any atom is 0.160 e. The van der Waals surface area contributed by atoms with Crippen LogP contribution in [0.1, 0.15) is 36.0 Å². The number of fused-ring (bicyclic) bond motifs is 2. The molecular weight excluding hydrogens is 318 g/mol. The standard InChI is InChI=1S/C21H18F2N2/c22-20-10-16(12-24)19(11-21(20)23)15-8-17-6-7-18(9-15)25(17)13-14-4-2-1-3-5-14/h1-5,8,10-11,17-18H,6-7,9,13H2. The SMILES string of the molecule is N#Cc1cc(F)c(F)cc1C1=CC2CCC(C1)N2Cc1ccccc1. The van der Waals surface area contributed by atoms with Crippen LogP contribution in [-0.2, 0) is 6.54 Å². The van der Waals surface area contributed by atoms with Crippen molar-refractivity contribution < 1.29 is 8.78 Å². The van der Waals surface area contributed by atoms with Crippen molar-refractivity contribution in [1.82, 2.24) is 4.90 Å². The van der Waals surface area contributed by atoms with Gasteiger partial charge in [0.15, 0.2) is 11.6 Å². The molecule has 4 rings (SSSR count). The minimum atomic E-state index is -0.967. The third-order valence-electron chi connectivity index (χ3n) is 5.27. The van der Waals surface area contributed by atoms with E-state index in [-0.39, 0.29) is 11.6 Å². The lowest BCUT2D eigenvalue weighted by molar-refractivity contribution is 0.203. The predicted octanol–water partition coefficient (Wildman–Crippen LogP) is 4.66. The highest BCUT2D eigenvalue weighted by atomic mass is 19.2. The quantitative estimate of drug-likeness (QED) is 0.815. The summed E-state index contributed by atoms with van der Waals surface area (Å²) in [6.07, 6.45) is 5.05. The summed E-state index contributed by atoms with van der Waals surface area (Å²) in [6, 6.07) is 15.2. The Labute approximate surface area is 146 Å². The molecule has 2 nitrogen and oxygen atoms in total. The molecule has 0 radical (unpaired) electrons. The molecule has 126 valence electrons. The Morgan fingerprint density at radius 1 is 1.08 bits per heavy atom. The molecule has 2 aliphatic rings. The lowest BCUT2D eigenvalue weighted by atomic mass is 9.91. The first-order chi connectivity index (χ1) is 12.2. The first-order valence-corrected chi connectivity index (χ1v) is 8.55. The van der Waals surface area contributed by atoms with E-state index in [1.807, 2.05) is 24.3 Å². The number of benzene rings is 2. The van der Waals surface area contributed by atoms with Crippen molar-refractivity contribution in [3.63, 3.8) is 0 Å². The fourth-order valence-corrected chi connectivity index (χ4v) is 4.06. The molecule has 0 N–H and O–H groups in total. The van der Waals surface area contributed by atoms with Gasteiger partial charge in [0, 0.05) is 18.6 Å². The van der Waals surface area contributed by atoms with Gasteiger partial charge in [0.2, 0.25) is 0 Å². The summed E-state index contributed by atoms with van der Waals surface area (Å²) in [7, 11) is 0. The molecule has 1 saturated heterocycles. The van der Waals surface area contributed by atoms with E-state index in [1.165, 1.54) is 11.6 Å². The summed E-state index contributed by atoms with van der Waals surface area (Å²) in [5.41, 5.74) is 2.99. The van der Waals surface area contributed by atoms with Gasteiger partial charge in [-0.1, -0.05) is 36.4 Å². The predicted molar refractivity (Wildman–Crippen MR) is 92.5 cm³/mol. The molecule has 25 heavy (non-hydrogen) atoms. The number of nitrogens with zero attached hydrogens (tertiary/aromatic N) is 2. The van der Waals surface area contributed by atoms with Crippen molar-refractivity contribution in [1.29, 1.82) is 5.26 Å². The van der Waals surface area contributed by atoms with Crippen molar-refractivity contribution >= 4 is 5.57 Å². The van der Waals surface area contributed by atoms with Crippen LogP contribution in [-0.4, -0.2) is 17.0 Å². The van der Waals surface area contributed by atoms with E-state index < -0.39 is 11.6 Å². The summed E-state index contributed by atoms with van der Waals surface area (Å²) in [4.78, 5) is 2.48. The second kappa shape index (κ2) is 6.42. The van der Waals surface area contributed by atoms with Crippen LogP contribution < -0.4 is 0 Å². The highest BCUT2D eigenvalue weighted by molar-refractivity contribution is 5.72. The summed E-state index contributed by atoms with van der Waals surface area (Å²) < 4.78 is 27.1. The van der Waals surface area contributed by atoms with Crippen molar-refractivity contribution in [2.24, 2.45) is 0 Å². The maximum absolute atomic E-state index is 13.7. The van der Waals surface area contributed by atoms with E-state index in [0.29, 0.717) is 11.6 Å². The van der Waals surface area contributed by atoms with Gasteiger partial charge in [-0.25, -0.2) is 8.78 Å². The fraction of sp³-hybridized carbons (Fsp3) is 0.286. The fourth-order valence-electron chi connectivity index (χ4n) is 4.06. The molecule has 0 saturated carbocycles. The zero-order valence-corrected chi connectivity index (χ0v) is 13.8. The molecule has 2 aromatic carbocycles. The van der Waals surface area contributed by atoms with Crippen LogP contribution in [0.3, 0.4) is 0 Å². The Hall–Kier alpha value is -2.51. The minimum Gasteiger partial charge on any atom is -0.289 e. The van der Waals surface area contributed by atoms with E-state index in [2.05, 4.69) is 23.1 Å². The Morgan fingerprint density at radius 3 is 2.56 bits per heavy atom. The Morgan fingerprint density at radius 2 is 1.84 bits per heavy atom. The van der Waals surface area contributed by atoms with E-state index in [0.717, 1.165) is 37.4 Å². The van der Waals surface area contributed by atoms with E-state index in [1.54, 1.807) is 0 Å². The average molecular weight is 336 g/mol. The highest BCUT2D eigenvalue weighted by Gasteiger charge is 2.37. The van der Waals surface area contributed by atoms with Crippen LogP contribution in [0.5, 0.6) is 0 Å². The summed E-state index contributed by atoms with van der Waals surface area (Å²) in [5.74, 6) is -1.86. The van der Waals surface area contributed by atoms with E-state index in [4.69, 9.17) is 0 Å². The third kappa shape index (κ3) is 2.96. The zero-order chi connectivity index (χ0) is 17.4. The largest absolute Gasteiger partial charge is 0.289 e. The van der Waals surface area contributed by atoms with Crippen LogP contribution >= 0.6 is 0 Å². The first kappa shape index (κ1) is 16.0. The van der Waals surface area contributed by atoms with Crippen LogP contribution in [0, 0.1) is 23.0 Å². The van der Waals surface area contributed by atoms with Crippen LogP contribution in [0.4, 0.5) is 8.78 Å². The molecule has 2 aliphatic heterocycles.